The van der Waals surface area contributed by atoms with E-state index in [9.17, 15) is 13.2 Å². The topological polar surface area (TPSA) is 78.8 Å². The van der Waals surface area contributed by atoms with Gasteiger partial charge in [-0.1, -0.05) is 37.3 Å². The van der Waals surface area contributed by atoms with Crippen LogP contribution in [0.2, 0.25) is 0 Å². The molecule has 7 heteroatoms. The molecule has 2 aromatic carbocycles. The van der Waals surface area contributed by atoms with Crippen molar-refractivity contribution in [2.75, 3.05) is 11.4 Å². The molecule has 1 atom stereocenters. The fraction of sp³-hybridized carbons (Fsp3) is 0.364. The van der Waals surface area contributed by atoms with Gasteiger partial charge in [-0.15, -0.1) is 4.40 Å². The smallest absolute Gasteiger partial charge is 0.286 e. The summed E-state index contributed by atoms with van der Waals surface area (Å²) in [4.78, 5) is 14.6. The van der Waals surface area contributed by atoms with E-state index >= 15 is 0 Å². The van der Waals surface area contributed by atoms with E-state index in [1.165, 1.54) is 11.6 Å². The molecule has 0 aromatic heterocycles. The van der Waals surface area contributed by atoms with Gasteiger partial charge in [-0.3, -0.25) is 4.79 Å². The van der Waals surface area contributed by atoms with Crippen LogP contribution in [0.1, 0.15) is 49.5 Å². The Morgan fingerprint density at radius 2 is 1.90 bits per heavy atom. The highest BCUT2D eigenvalue weighted by Crippen LogP contribution is 2.32. The number of hydrogen-bond acceptors (Lipinski definition) is 4. The summed E-state index contributed by atoms with van der Waals surface area (Å²) in [5.74, 6) is 0.169. The second-order valence-corrected chi connectivity index (χ2v) is 8.92. The average Bonchev–Trinajstić information content (AvgIpc) is 2.69. The molecule has 1 aliphatic rings. The van der Waals surface area contributed by atoms with Crippen LogP contribution in [0, 0.1) is 0 Å². The highest BCUT2D eigenvalue weighted by Gasteiger charge is 2.29. The molecule has 1 heterocycles. The minimum atomic E-state index is -3.81. The Hall–Kier alpha value is -2.67. The van der Waals surface area contributed by atoms with E-state index in [2.05, 4.69) is 21.8 Å². The first kappa shape index (κ1) is 21.0. The Bertz CT molecular complexity index is 1020. The summed E-state index contributed by atoms with van der Waals surface area (Å²) in [6.45, 7) is 6.33. The molecule has 0 bridgehead atoms. The number of amidine groups is 1. The Kier molecular flexibility index (Phi) is 6.37. The third kappa shape index (κ3) is 4.85. The molecule has 2 aromatic rings. The van der Waals surface area contributed by atoms with E-state index in [0.29, 0.717) is 23.6 Å². The van der Waals surface area contributed by atoms with Crippen LogP contribution in [0.25, 0.3) is 0 Å². The first-order valence-electron chi connectivity index (χ1n) is 9.89. The van der Waals surface area contributed by atoms with Crippen LogP contribution in [0.15, 0.2) is 57.8 Å². The number of aryl methyl sites for hydroxylation is 1. The largest absolute Gasteiger partial charge is 0.350 e. The van der Waals surface area contributed by atoms with Gasteiger partial charge in [0.25, 0.3) is 15.9 Å². The fourth-order valence-electron chi connectivity index (χ4n) is 3.44. The Morgan fingerprint density at radius 3 is 2.59 bits per heavy atom. The zero-order chi connectivity index (χ0) is 21.0. The maximum Gasteiger partial charge on any atom is 0.286 e. The molecule has 1 unspecified atom stereocenters. The number of fused-ring (bicyclic) bond motifs is 1. The summed E-state index contributed by atoms with van der Waals surface area (Å²) in [5.41, 5.74) is 2.12. The summed E-state index contributed by atoms with van der Waals surface area (Å²) in [5, 5.41) is 2.96. The molecule has 154 valence electrons. The van der Waals surface area contributed by atoms with Gasteiger partial charge in [-0.05, 0) is 56.9 Å². The van der Waals surface area contributed by atoms with E-state index in [-0.39, 0.29) is 16.8 Å². The van der Waals surface area contributed by atoms with E-state index < -0.39 is 10.0 Å². The second-order valence-electron chi connectivity index (χ2n) is 7.35. The van der Waals surface area contributed by atoms with Crippen molar-refractivity contribution in [2.24, 2.45) is 4.40 Å². The van der Waals surface area contributed by atoms with E-state index in [4.69, 9.17) is 0 Å². The van der Waals surface area contributed by atoms with Gasteiger partial charge in [-0.25, -0.2) is 0 Å². The first-order valence-corrected chi connectivity index (χ1v) is 11.3. The summed E-state index contributed by atoms with van der Waals surface area (Å²) >= 11 is 0. The van der Waals surface area contributed by atoms with Crippen molar-refractivity contribution >= 4 is 27.5 Å². The molecule has 1 N–H and O–H groups in total. The lowest BCUT2D eigenvalue weighted by atomic mass is 10.1. The van der Waals surface area contributed by atoms with Crippen LogP contribution in [0.3, 0.4) is 0 Å². The highest BCUT2D eigenvalue weighted by molar-refractivity contribution is 7.90. The quantitative estimate of drug-likeness (QED) is 0.749. The number of amides is 1. The number of benzene rings is 2. The van der Waals surface area contributed by atoms with E-state index in [1.807, 2.05) is 36.9 Å². The van der Waals surface area contributed by atoms with Crippen LogP contribution >= 0.6 is 0 Å². The fourth-order valence-corrected chi connectivity index (χ4v) is 4.71. The normalized spacial score (nSPS) is 16.0. The molecule has 29 heavy (non-hydrogen) atoms. The third-order valence-corrected chi connectivity index (χ3v) is 6.35. The van der Waals surface area contributed by atoms with Gasteiger partial charge in [0.1, 0.15) is 10.7 Å². The molecular weight excluding hydrogens is 386 g/mol. The highest BCUT2D eigenvalue weighted by atomic mass is 32.2. The Morgan fingerprint density at radius 1 is 1.17 bits per heavy atom. The average molecular weight is 414 g/mol. The molecule has 0 radical (unpaired) electrons. The Labute approximate surface area is 172 Å². The van der Waals surface area contributed by atoms with Gasteiger partial charge in [0.15, 0.2) is 0 Å². The number of anilines is 1. The van der Waals surface area contributed by atoms with Gasteiger partial charge in [0, 0.05) is 18.2 Å². The van der Waals surface area contributed by atoms with Crippen molar-refractivity contribution in [2.45, 2.75) is 51.0 Å². The lowest BCUT2D eigenvalue weighted by Crippen LogP contribution is -2.35. The van der Waals surface area contributed by atoms with Crippen LogP contribution in [-0.4, -0.2) is 32.7 Å². The van der Waals surface area contributed by atoms with Crippen LogP contribution in [0.5, 0.6) is 0 Å². The number of hydrogen-bond donors (Lipinski definition) is 1. The minimum Gasteiger partial charge on any atom is -0.350 e. The van der Waals surface area contributed by atoms with Gasteiger partial charge >= 0.3 is 0 Å². The lowest BCUT2D eigenvalue weighted by Gasteiger charge is -2.29. The van der Waals surface area contributed by atoms with Crippen LogP contribution < -0.4 is 10.2 Å². The molecule has 0 aliphatic carbocycles. The number of nitrogens with one attached hydrogen (secondary N) is 1. The van der Waals surface area contributed by atoms with E-state index in [0.717, 1.165) is 19.3 Å². The first-order chi connectivity index (χ1) is 13.8. The molecule has 1 aliphatic heterocycles. The summed E-state index contributed by atoms with van der Waals surface area (Å²) in [7, 11) is -3.81. The zero-order valence-corrected chi connectivity index (χ0v) is 17.9. The molecule has 0 fully saturated rings. The summed E-state index contributed by atoms with van der Waals surface area (Å²) < 4.78 is 29.0. The van der Waals surface area contributed by atoms with Crippen molar-refractivity contribution in [1.82, 2.24) is 5.32 Å². The van der Waals surface area contributed by atoms with Crippen molar-refractivity contribution in [1.29, 1.82) is 0 Å². The minimum absolute atomic E-state index is 0.0350. The number of carbonyl (C=O) groups excluding carboxylic acids is 1. The lowest BCUT2D eigenvalue weighted by molar-refractivity contribution is 0.0938. The number of nitrogens with zero attached hydrogens (tertiary/aromatic N) is 2. The summed E-state index contributed by atoms with van der Waals surface area (Å²) in [6.07, 6.45) is 2.51. The number of rotatable bonds is 7. The van der Waals surface area contributed by atoms with Gasteiger partial charge in [-0.2, -0.15) is 8.42 Å². The van der Waals surface area contributed by atoms with Crippen molar-refractivity contribution in [3.8, 4) is 0 Å². The van der Waals surface area contributed by atoms with Gasteiger partial charge in [0.05, 0.1) is 5.69 Å². The summed E-state index contributed by atoms with van der Waals surface area (Å²) in [6, 6.07) is 14.9. The monoisotopic (exact) mass is 413 g/mol. The SMILES string of the molecule is CCCN1C(C)=NS(=O)(=O)c2cc(C(=O)NC(C)CCc3ccccc3)ccc21. The van der Waals surface area contributed by atoms with Gasteiger partial charge < -0.3 is 10.2 Å². The predicted molar refractivity (Wildman–Crippen MR) is 116 cm³/mol. The molecule has 1 amide bonds. The van der Waals surface area contributed by atoms with Crippen LogP contribution in [0.4, 0.5) is 5.69 Å². The number of sulfonamides is 1. The van der Waals surface area contributed by atoms with Crippen molar-refractivity contribution in [3.63, 3.8) is 0 Å². The maximum absolute atomic E-state index is 12.7. The molecule has 0 spiro atoms. The van der Waals surface area contributed by atoms with Crippen LogP contribution in [-0.2, 0) is 16.4 Å². The predicted octanol–water partition coefficient (Wildman–Crippen LogP) is 3.77. The molecule has 6 nitrogen and oxygen atoms in total. The second kappa shape index (κ2) is 8.78. The van der Waals surface area contributed by atoms with Gasteiger partial charge in [0.2, 0.25) is 0 Å². The Balaban J connectivity index is 1.74. The molecule has 0 saturated heterocycles. The molecule has 0 saturated carbocycles. The number of carbonyl (C=O) groups is 1. The van der Waals surface area contributed by atoms with Crippen molar-refractivity contribution < 1.29 is 13.2 Å². The zero-order valence-electron chi connectivity index (χ0n) is 17.1. The standard InChI is InChI=1S/C22H27N3O3S/c1-4-14-25-17(3)24-29(27,28)21-15-19(12-13-20(21)25)22(26)23-16(2)10-11-18-8-6-5-7-9-18/h5-9,12-13,15-16H,4,10-11,14H2,1-3H3,(H,23,26). The third-order valence-electron chi connectivity index (χ3n) is 4.97. The van der Waals surface area contributed by atoms with E-state index in [1.54, 1.807) is 19.1 Å². The maximum atomic E-state index is 12.7. The molecular formula is C22H27N3O3S. The molecule has 3 rings (SSSR count). The van der Waals surface area contributed by atoms with Crippen molar-refractivity contribution in [3.05, 3.63) is 59.7 Å².